The van der Waals surface area contributed by atoms with Crippen molar-refractivity contribution in [3.63, 3.8) is 0 Å². The second-order valence-corrected chi connectivity index (χ2v) is 10.2. The number of hydrogen-bond acceptors (Lipinski definition) is 6. The van der Waals surface area contributed by atoms with Gasteiger partial charge in [-0.05, 0) is 54.4 Å². The van der Waals surface area contributed by atoms with Gasteiger partial charge in [0, 0.05) is 23.3 Å². The number of nitrogens with zero attached hydrogens (tertiary/aromatic N) is 4. The van der Waals surface area contributed by atoms with Crippen LogP contribution in [0.25, 0.3) is 11.0 Å². The van der Waals surface area contributed by atoms with Crippen LogP contribution in [0.4, 0.5) is 5.69 Å². The first-order valence-electron chi connectivity index (χ1n) is 13.0. The highest BCUT2D eigenvalue weighted by molar-refractivity contribution is 6.30. The molecule has 206 valence electrons. The first kappa shape index (κ1) is 26.3. The molecule has 1 atom stereocenters. The lowest BCUT2D eigenvalue weighted by atomic mass is 10.0. The van der Waals surface area contributed by atoms with E-state index in [1.165, 1.54) is 0 Å². The van der Waals surface area contributed by atoms with E-state index in [1.807, 2.05) is 55.5 Å². The summed E-state index contributed by atoms with van der Waals surface area (Å²) in [6.07, 6.45) is 0. The number of benzene rings is 4. The zero-order chi connectivity index (χ0) is 28.3. The first-order chi connectivity index (χ1) is 19.9. The number of ether oxygens (including phenoxy) is 2. The van der Waals surface area contributed by atoms with Gasteiger partial charge in [0.2, 0.25) is 12.7 Å². The molecule has 0 fully saturated rings. The minimum absolute atomic E-state index is 0.103. The SMILES string of the molecule is Cc1ccc(CN(C(=O)Cn2nnc3ccccc32)[C@H](C(=O)Nc2ccc3c(c2)OCO3)c2ccc(Cl)cc2)cc1. The topological polar surface area (TPSA) is 98.6 Å². The minimum Gasteiger partial charge on any atom is -0.454 e. The van der Waals surface area contributed by atoms with E-state index in [-0.39, 0.29) is 25.8 Å². The Balaban J connectivity index is 1.38. The predicted molar refractivity (Wildman–Crippen MR) is 155 cm³/mol. The van der Waals surface area contributed by atoms with Crippen LogP contribution in [0.1, 0.15) is 22.7 Å². The number of amides is 2. The van der Waals surface area contributed by atoms with Crippen molar-refractivity contribution >= 4 is 40.1 Å². The Morgan fingerprint density at radius 1 is 0.976 bits per heavy atom. The molecule has 9 nitrogen and oxygen atoms in total. The third-order valence-electron chi connectivity index (χ3n) is 6.88. The predicted octanol–water partition coefficient (Wildman–Crippen LogP) is 5.53. The Bertz CT molecular complexity index is 1720. The highest BCUT2D eigenvalue weighted by atomic mass is 35.5. The van der Waals surface area contributed by atoms with E-state index in [9.17, 15) is 9.59 Å². The Morgan fingerprint density at radius 2 is 1.73 bits per heavy atom. The molecule has 1 aromatic heterocycles. The Morgan fingerprint density at radius 3 is 2.54 bits per heavy atom. The summed E-state index contributed by atoms with van der Waals surface area (Å²) in [6.45, 7) is 2.20. The molecule has 1 N–H and O–H groups in total. The maximum absolute atomic E-state index is 14.1. The molecule has 6 rings (SSSR count). The second-order valence-electron chi connectivity index (χ2n) is 9.75. The molecule has 1 aliphatic rings. The monoisotopic (exact) mass is 567 g/mol. The normalized spacial score (nSPS) is 12.7. The van der Waals surface area contributed by atoms with Gasteiger partial charge in [-0.1, -0.05) is 70.9 Å². The van der Waals surface area contributed by atoms with E-state index in [4.69, 9.17) is 21.1 Å². The van der Waals surface area contributed by atoms with E-state index in [0.29, 0.717) is 33.3 Å². The summed E-state index contributed by atoms with van der Waals surface area (Å²) in [5.74, 6) is 0.446. The van der Waals surface area contributed by atoms with E-state index < -0.39 is 11.9 Å². The third kappa shape index (κ3) is 5.71. The summed E-state index contributed by atoms with van der Waals surface area (Å²) < 4.78 is 12.4. The van der Waals surface area contributed by atoms with Crippen molar-refractivity contribution in [3.8, 4) is 11.5 Å². The maximum atomic E-state index is 14.1. The summed E-state index contributed by atoms with van der Waals surface area (Å²) in [6, 6.07) is 26.4. The van der Waals surface area contributed by atoms with Crippen LogP contribution in [0.15, 0.2) is 91.0 Å². The fraction of sp³-hybridized carbons (Fsp3) is 0.161. The number of nitrogens with one attached hydrogen (secondary N) is 1. The molecule has 0 bridgehead atoms. The maximum Gasteiger partial charge on any atom is 0.251 e. The number of rotatable bonds is 8. The largest absolute Gasteiger partial charge is 0.454 e. The molecular formula is C31H26ClN5O4. The number of aryl methyl sites for hydroxylation is 1. The second kappa shape index (κ2) is 11.3. The van der Waals surface area contributed by atoms with Gasteiger partial charge >= 0.3 is 0 Å². The van der Waals surface area contributed by atoms with Gasteiger partial charge in [0.25, 0.3) is 5.91 Å². The van der Waals surface area contributed by atoms with Crippen LogP contribution in [0.2, 0.25) is 5.02 Å². The number of fused-ring (bicyclic) bond motifs is 2. The van der Waals surface area contributed by atoms with Crippen LogP contribution in [0, 0.1) is 6.92 Å². The van der Waals surface area contributed by atoms with Gasteiger partial charge in [0.05, 0.1) is 5.52 Å². The standard InChI is InChI=1S/C31H26ClN5O4/c1-20-6-8-21(9-7-20)17-36(29(38)18-37-26-5-3-2-4-25(26)34-35-37)30(22-10-12-23(32)13-11-22)31(39)33-24-14-15-27-28(16-24)41-19-40-27/h2-16,30H,17-19H2,1H3,(H,33,39)/t30-/m0/s1. The lowest BCUT2D eigenvalue weighted by Gasteiger charge is -2.32. The van der Waals surface area contributed by atoms with Crippen molar-refractivity contribution in [2.24, 2.45) is 0 Å². The molecule has 0 aliphatic carbocycles. The van der Waals surface area contributed by atoms with Crippen molar-refractivity contribution in [3.05, 3.63) is 113 Å². The number of para-hydroxylation sites is 1. The van der Waals surface area contributed by atoms with Crippen LogP contribution in [-0.2, 0) is 22.7 Å². The quantitative estimate of drug-likeness (QED) is 0.265. The molecule has 5 aromatic rings. The average Bonchev–Trinajstić information content (AvgIpc) is 3.61. The van der Waals surface area contributed by atoms with E-state index in [0.717, 1.165) is 16.6 Å². The van der Waals surface area contributed by atoms with Crippen molar-refractivity contribution in [2.45, 2.75) is 26.1 Å². The molecule has 10 heteroatoms. The molecule has 41 heavy (non-hydrogen) atoms. The summed E-state index contributed by atoms with van der Waals surface area (Å²) in [4.78, 5) is 29.7. The number of carbonyl (C=O) groups is 2. The van der Waals surface area contributed by atoms with Crippen molar-refractivity contribution in [1.29, 1.82) is 0 Å². The molecule has 4 aromatic carbocycles. The van der Waals surface area contributed by atoms with Crippen LogP contribution >= 0.6 is 11.6 Å². The van der Waals surface area contributed by atoms with Crippen molar-refractivity contribution in [1.82, 2.24) is 19.9 Å². The van der Waals surface area contributed by atoms with E-state index in [2.05, 4.69) is 15.6 Å². The molecule has 1 aliphatic heterocycles. The smallest absolute Gasteiger partial charge is 0.251 e. The molecule has 0 radical (unpaired) electrons. The minimum atomic E-state index is -0.985. The Hall–Kier alpha value is -4.89. The summed E-state index contributed by atoms with van der Waals surface area (Å²) in [5, 5.41) is 11.9. The zero-order valence-electron chi connectivity index (χ0n) is 22.2. The number of aromatic nitrogens is 3. The van der Waals surface area contributed by atoms with E-state index >= 15 is 0 Å². The number of carbonyl (C=O) groups excluding carboxylic acids is 2. The molecule has 2 amide bonds. The van der Waals surface area contributed by atoms with Gasteiger partial charge in [-0.2, -0.15) is 0 Å². The van der Waals surface area contributed by atoms with Gasteiger partial charge in [-0.3, -0.25) is 9.59 Å². The molecule has 0 saturated carbocycles. The van der Waals surface area contributed by atoms with Crippen molar-refractivity contribution in [2.75, 3.05) is 12.1 Å². The van der Waals surface area contributed by atoms with Crippen LogP contribution in [0.3, 0.4) is 0 Å². The lowest BCUT2D eigenvalue weighted by molar-refractivity contribution is -0.140. The Kier molecular flexibility index (Phi) is 7.26. The van der Waals surface area contributed by atoms with Gasteiger partial charge in [-0.25, -0.2) is 4.68 Å². The highest BCUT2D eigenvalue weighted by Gasteiger charge is 2.32. The average molecular weight is 568 g/mol. The fourth-order valence-corrected chi connectivity index (χ4v) is 4.90. The van der Waals surface area contributed by atoms with Gasteiger partial charge < -0.3 is 19.7 Å². The van der Waals surface area contributed by atoms with Crippen molar-refractivity contribution < 1.29 is 19.1 Å². The van der Waals surface area contributed by atoms with Crippen LogP contribution in [0.5, 0.6) is 11.5 Å². The fourth-order valence-electron chi connectivity index (χ4n) is 4.77. The van der Waals surface area contributed by atoms with Gasteiger partial charge in [-0.15, -0.1) is 5.10 Å². The summed E-state index contributed by atoms with van der Waals surface area (Å²) in [7, 11) is 0. The number of anilines is 1. The van der Waals surface area contributed by atoms with Gasteiger partial charge in [0.1, 0.15) is 18.1 Å². The van der Waals surface area contributed by atoms with Crippen LogP contribution in [-0.4, -0.2) is 38.5 Å². The molecule has 2 heterocycles. The van der Waals surface area contributed by atoms with E-state index in [1.54, 1.807) is 52.0 Å². The van der Waals surface area contributed by atoms with Gasteiger partial charge in [0.15, 0.2) is 11.5 Å². The third-order valence-corrected chi connectivity index (χ3v) is 7.14. The summed E-state index contributed by atoms with van der Waals surface area (Å²) >= 11 is 6.19. The lowest BCUT2D eigenvalue weighted by Crippen LogP contribution is -2.42. The molecule has 0 saturated heterocycles. The molecule has 0 spiro atoms. The first-order valence-corrected chi connectivity index (χ1v) is 13.4. The Labute approximate surface area is 241 Å². The number of halogens is 1. The van der Waals surface area contributed by atoms with Crippen LogP contribution < -0.4 is 14.8 Å². The summed E-state index contributed by atoms with van der Waals surface area (Å²) in [5.41, 5.74) is 4.50. The molecule has 0 unspecified atom stereocenters. The molecular weight excluding hydrogens is 542 g/mol. The number of hydrogen-bond donors (Lipinski definition) is 1. The zero-order valence-corrected chi connectivity index (χ0v) is 22.9. The highest BCUT2D eigenvalue weighted by Crippen LogP contribution is 2.35.